The zero-order valence-corrected chi connectivity index (χ0v) is 11.7. The standard InChI is InChI=1S/C9H18N2O2.C2HF3O2/c1-7(5-6-10)11-8(12)13-9(2,3)4;3-2(4,5)1(6)7/h6-7,10H,5H2,1-4H3,(H,11,12);(H,6,7). The predicted molar refractivity (Wildman–Crippen MR) is 65.9 cm³/mol. The van der Waals surface area contributed by atoms with Gasteiger partial charge in [0.25, 0.3) is 0 Å². The monoisotopic (exact) mass is 300 g/mol. The van der Waals surface area contributed by atoms with Crippen molar-refractivity contribution >= 4 is 18.3 Å². The fraction of sp³-hybridized carbons (Fsp3) is 0.727. The first kappa shape index (κ1) is 20.5. The number of halogens is 3. The van der Waals surface area contributed by atoms with Gasteiger partial charge in [0.1, 0.15) is 5.60 Å². The van der Waals surface area contributed by atoms with Crippen LogP contribution in [0.4, 0.5) is 18.0 Å². The van der Waals surface area contributed by atoms with Gasteiger partial charge >= 0.3 is 18.2 Å². The minimum Gasteiger partial charge on any atom is -0.475 e. The molecule has 0 radical (unpaired) electrons. The lowest BCUT2D eigenvalue weighted by atomic mass is 10.2. The normalized spacial score (nSPS) is 12.6. The van der Waals surface area contributed by atoms with E-state index in [-0.39, 0.29) is 6.04 Å². The summed E-state index contributed by atoms with van der Waals surface area (Å²) in [6.45, 7) is 7.27. The van der Waals surface area contributed by atoms with Gasteiger partial charge in [-0.3, -0.25) is 0 Å². The van der Waals surface area contributed by atoms with Crippen LogP contribution in [0.3, 0.4) is 0 Å². The van der Waals surface area contributed by atoms with Gasteiger partial charge in [-0.25, -0.2) is 9.59 Å². The molecule has 0 fully saturated rings. The minimum absolute atomic E-state index is 0.0488. The highest BCUT2D eigenvalue weighted by molar-refractivity contribution is 5.73. The summed E-state index contributed by atoms with van der Waals surface area (Å²) in [5.41, 5.74) is -0.464. The van der Waals surface area contributed by atoms with Gasteiger partial charge in [0, 0.05) is 12.5 Å². The maximum Gasteiger partial charge on any atom is 0.490 e. The molecule has 0 aromatic heterocycles. The number of nitrogens with one attached hydrogen (secondary N) is 2. The Hall–Kier alpha value is -1.80. The Bertz CT molecular complexity index is 338. The topological polar surface area (TPSA) is 99.5 Å². The third-order valence-corrected chi connectivity index (χ3v) is 1.48. The van der Waals surface area contributed by atoms with E-state index in [0.717, 1.165) is 0 Å². The number of ether oxygens (including phenoxy) is 1. The molecule has 0 saturated carbocycles. The Morgan fingerprint density at radius 2 is 1.75 bits per heavy atom. The van der Waals surface area contributed by atoms with Crippen molar-refractivity contribution in [1.29, 1.82) is 5.41 Å². The molecule has 0 saturated heterocycles. The molecule has 0 rings (SSSR count). The molecule has 0 bridgehead atoms. The van der Waals surface area contributed by atoms with E-state index in [1.54, 1.807) is 0 Å². The zero-order chi connectivity index (χ0) is 16.6. The van der Waals surface area contributed by atoms with Crippen LogP contribution < -0.4 is 5.32 Å². The molecule has 20 heavy (non-hydrogen) atoms. The number of carbonyl (C=O) groups excluding carboxylic acids is 1. The summed E-state index contributed by atoms with van der Waals surface area (Å²) in [5, 5.41) is 16.6. The number of hydrogen-bond donors (Lipinski definition) is 3. The van der Waals surface area contributed by atoms with Crippen molar-refractivity contribution in [3.8, 4) is 0 Å². The Balaban J connectivity index is 0. The van der Waals surface area contributed by atoms with Gasteiger partial charge in [-0.05, 0) is 33.9 Å². The Morgan fingerprint density at radius 1 is 1.35 bits per heavy atom. The summed E-state index contributed by atoms with van der Waals surface area (Å²) in [6, 6.07) is -0.0488. The van der Waals surface area contributed by atoms with Gasteiger partial charge in [0.05, 0.1) is 0 Å². The molecule has 1 amide bonds. The fourth-order valence-corrected chi connectivity index (χ4v) is 0.744. The summed E-state index contributed by atoms with van der Waals surface area (Å²) in [5.74, 6) is -2.76. The summed E-state index contributed by atoms with van der Waals surface area (Å²) in [7, 11) is 0. The Labute approximate surface area is 114 Å². The quantitative estimate of drug-likeness (QED) is 0.697. The molecule has 0 aliphatic heterocycles. The van der Waals surface area contributed by atoms with Crippen molar-refractivity contribution < 1.29 is 32.6 Å². The molecule has 0 heterocycles. The number of carboxylic acid groups (broad SMARTS) is 1. The number of rotatable bonds is 3. The van der Waals surface area contributed by atoms with Crippen molar-refractivity contribution in [2.24, 2.45) is 0 Å². The number of carbonyl (C=O) groups is 2. The second-order valence-corrected chi connectivity index (χ2v) is 4.79. The van der Waals surface area contributed by atoms with E-state index in [9.17, 15) is 18.0 Å². The summed E-state index contributed by atoms with van der Waals surface area (Å²) in [6.07, 6.45) is -3.72. The van der Waals surface area contributed by atoms with Crippen molar-refractivity contribution in [1.82, 2.24) is 5.32 Å². The Morgan fingerprint density at radius 3 is 2.00 bits per heavy atom. The molecule has 0 spiro atoms. The third-order valence-electron chi connectivity index (χ3n) is 1.48. The highest BCUT2D eigenvalue weighted by Gasteiger charge is 2.38. The molecular weight excluding hydrogens is 281 g/mol. The molecule has 3 N–H and O–H groups in total. The van der Waals surface area contributed by atoms with Crippen LogP contribution in [0.15, 0.2) is 0 Å². The molecule has 1 unspecified atom stereocenters. The molecule has 0 aromatic rings. The number of carboxylic acids is 1. The van der Waals surface area contributed by atoms with Crippen LogP contribution in [-0.2, 0) is 9.53 Å². The molecule has 6 nitrogen and oxygen atoms in total. The van der Waals surface area contributed by atoms with Crippen LogP contribution >= 0.6 is 0 Å². The molecule has 0 aliphatic carbocycles. The molecule has 0 aromatic carbocycles. The number of aliphatic carboxylic acids is 1. The maximum atomic E-state index is 11.1. The van der Waals surface area contributed by atoms with E-state index >= 15 is 0 Å². The van der Waals surface area contributed by atoms with Gasteiger partial charge in [-0.1, -0.05) is 0 Å². The molecule has 1 atom stereocenters. The maximum absolute atomic E-state index is 11.1. The van der Waals surface area contributed by atoms with Crippen LogP contribution in [0.25, 0.3) is 0 Å². The van der Waals surface area contributed by atoms with Gasteiger partial charge in [0.2, 0.25) is 0 Å². The number of alkyl halides is 3. The van der Waals surface area contributed by atoms with E-state index in [2.05, 4.69) is 5.32 Å². The van der Waals surface area contributed by atoms with Gasteiger partial charge in [-0.2, -0.15) is 13.2 Å². The molecule has 118 valence electrons. The number of hydrogen-bond acceptors (Lipinski definition) is 4. The first-order valence-corrected chi connectivity index (χ1v) is 5.58. The molecular formula is C11H19F3N2O4. The van der Waals surface area contributed by atoms with Crippen molar-refractivity contribution in [2.75, 3.05) is 0 Å². The van der Waals surface area contributed by atoms with Crippen molar-refractivity contribution in [2.45, 2.75) is 51.9 Å². The zero-order valence-electron chi connectivity index (χ0n) is 11.7. The van der Waals surface area contributed by atoms with Crippen LogP contribution in [0, 0.1) is 5.41 Å². The lowest BCUT2D eigenvalue weighted by Gasteiger charge is -2.21. The van der Waals surface area contributed by atoms with Crippen LogP contribution in [0.5, 0.6) is 0 Å². The summed E-state index contributed by atoms with van der Waals surface area (Å²) < 4.78 is 36.8. The summed E-state index contributed by atoms with van der Waals surface area (Å²) in [4.78, 5) is 20.0. The SMILES string of the molecule is CC(CC=N)NC(=O)OC(C)(C)C.O=C(O)C(F)(F)F. The highest BCUT2D eigenvalue weighted by Crippen LogP contribution is 2.13. The average molecular weight is 300 g/mol. The first-order valence-electron chi connectivity index (χ1n) is 5.58. The largest absolute Gasteiger partial charge is 0.490 e. The van der Waals surface area contributed by atoms with E-state index < -0.39 is 23.8 Å². The van der Waals surface area contributed by atoms with E-state index in [0.29, 0.717) is 6.42 Å². The fourth-order valence-electron chi connectivity index (χ4n) is 0.744. The second kappa shape index (κ2) is 8.39. The average Bonchev–Trinajstić information content (AvgIpc) is 2.13. The highest BCUT2D eigenvalue weighted by atomic mass is 19.4. The van der Waals surface area contributed by atoms with E-state index in [4.69, 9.17) is 20.0 Å². The minimum atomic E-state index is -5.08. The lowest BCUT2D eigenvalue weighted by molar-refractivity contribution is -0.192. The van der Waals surface area contributed by atoms with Crippen molar-refractivity contribution in [3.05, 3.63) is 0 Å². The third kappa shape index (κ3) is 14.3. The smallest absolute Gasteiger partial charge is 0.475 e. The molecule has 0 aliphatic rings. The van der Waals surface area contributed by atoms with Gasteiger partial charge in [-0.15, -0.1) is 0 Å². The van der Waals surface area contributed by atoms with Gasteiger partial charge in [0.15, 0.2) is 0 Å². The lowest BCUT2D eigenvalue weighted by Crippen LogP contribution is -2.37. The van der Waals surface area contributed by atoms with E-state index in [1.807, 2.05) is 27.7 Å². The van der Waals surface area contributed by atoms with Gasteiger partial charge < -0.3 is 20.6 Å². The Kier molecular flexibility index (Phi) is 8.60. The molecule has 9 heteroatoms. The van der Waals surface area contributed by atoms with Crippen LogP contribution in [0.2, 0.25) is 0 Å². The first-order chi connectivity index (χ1) is 8.79. The van der Waals surface area contributed by atoms with Crippen LogP contribution in [-0.4, -0.2) is 41.2 Å². The van der Waals surface area contributed by atoms with Crippen molar-refractivity contribution in [3.63, 3.8) is 0 Å². The second-order valence-electron chi connectivity index (χ2n) is 4.79. The summed E-state index contributed by atoms with van der Waals surface area (Å²) >= 11 is 0. The number of alkyl carbamates (subject to hydrolysis) is 1. The predicted octanol–water partition coefficient (Wildman–Crippen LogP) is 2.57. The van der Waals surface area contributed by atoms with E-state index in [1.165, 1.54) is 6.21 Å². The number of amides is 1. The van der Waals surface area contributed by atoms with Crippen LogP contribution in [0.1, 0.15) is 34.1 Å².